The molecule has 0 aliphatic heterocycles. The first kappa shape index (κ1) is 12.9. The van der Waals surface area contributed by atoms with Gasteiger partial charge >= 0.3 is 0 Å². The minimum Gasteiger partial charge on any atom is -0.378 e. The molecule has 0 spiro atoms. The summed E-state index contributed by atoms with van der Waals surface area (Å²) >= 11 is 0. The van der Waals surface area contributed by atoms with Gasteiger partial charge in [0.25, 0.3) is 0 Å². The molecule has 3 nitrogen and oxygen atoms in total. The van der Waals surface area contributed by atoms with Gasteiger partial charge in [0.15, 0.2) is 0 Å². The van der Waals surface area contributed by atoms with Crippen LogP contribution in [0.4, 0.5) is 0 Å². The van der Waals surface area contributed by atoms with E-state index in [1.54, 1.807) is 0 Å². The molecule has 90 valence electrons. The van der Waals surface area contributed by atoms with Crippen LogP contribution in [0.3, 0.4) is 0 Å². The van der Waals surface area contributed by atoms with Crippen LogP contribution in [0, 0.1) is 0 Å². The normalized spacial score (nSPS) is 19.2. The molecule has 15 heavy (non-hydrogen) atoms. The lowest BCUT2D eigenvalue weighted by atomic mass is 9.77. The quantitative estimate of drug-likeness (QED) is 0.601. The van der Waals surface area contributed by atoms with E-state index >= 15 is 0 Å². The van der Waals surface area contributed by atoms with Crippen molar-refractivity contribution in [2.24, 2.45) is 0 Å². The molecule has 0 saturated heterocycles. The molecule has 0 bridgehead atoms. The average molecular weight is 214 g/mol. The third-order valence-corrected chi connectivity index (χ3v) is 3.31. The molecule has 0 unspecified atom stereocenters. The Hall–Kier alpha value is -0.120. The van der Waals surface area contributed by atoms with Crippen LogP contribution in [-0.4, -0.2) is 38.4 Å². The Balaban J connectivity index is 1.92. The van der Waals surface area contributed by atoms with Crippen LogP contribution in [0.2, 0.25) is 0 Å². The van der Waals surface area contributed by atoms with Gasteiger partial charge in [-0.3, -0.25) is 0 Å². The van der Waals surface area contributed by atoms with Gasteiger partial charge in [0.05, 0.1) is 5.60 Å². The van der Waals surface area contributed by atoms with E-state index in [9.17, 15) is 0 Å². The molecule has 0 heterocycles. The number of rotatable bonds is 8. The van der Waals surface area contributed by atoms with Crippen LogP contribution < -0.4 is 10.6 Å². The van der Waals surface area contributed by atoms with E-state index in [0.717, 1.165) is 26.1 Å². The van der Waals surface area contributed by atoms with Crippen LogP contribution in [0.15, 0.2) is 0 Å². The van der Waals surface area contributed by atoms with Crippen LogP contribution in [0.5, 0.6) is 0 Å². The van der Waals surface area contributed by atoms with Gasteiger partial charge in [-0.25, -0.2) is 0 Å². The number of ether oxygens (including phenoxy) is 1. The average Bonchev–Trinajstić information content (AvgIpc) is 2.14. The highest BCUT2D eigenvalue weighted by molar-refractivity contribution is 4.89. The molecule has 0 aromatic heterocycles. The molecule has 1 aliphatic carbocycles. The van der Waals surface area contributed by atoms with Crippen molar-refractivity contribution in [1.29, 1.82) is 0 Å². The summed E-state index contributed by atoms with van der Waals surface area (Å²) in [5.74, 6) is 0. The van der Waals surface area contributed by atoms with Crippen molar-refractivity contribution in [3.63, 3.8) is 0 Å². The van der Waals surface area contributed by atoms with E-state index in [1.165, 1.54) is 19.3 Å². The molecular formula is C12H26N2O. The Bertz CT molecular complexity index is 161. The summed E-state index contributed by atoms with van der Waals surface area (Å²) in [6.07, 6.45) is 4.98. The van der Waals surface area contributed by atoms with Crippen LogP contribution in [-0.2, 0) is 4.74 Å². The maximum Gasteiger partial charge on any atom is 0.0690 e. The van der Waals surface area contributed by atoms with Crippen molar-refractivity contribution < 1.29 is 4.74 Å². The van der Waals surface area contributed by atoms with Gasteiger partial charge in [0.1, 0.15) is 0 Å². The van der Waals surface area contributed by atoms with Gasteiger partial charge in [-0.2, -0.15) is 0 Å². The number of nitrogens with one attached hydrogen (secondary N) is 2. The van der Waals surface area contributed by atoms with Crippen molar-refractivity contribution in [3.8, 4) is 0 Å². The molecule has 0 aromatic carbocycles. The Morgan fingerprint density at radius 3 is 2.40 bits per heavy atom. The van der Waals surface area contributed by atoms with Crippen LogP contribution in [0.25, 0.3) is 0 Å². The Labute approximate surface area is 94.0 Å². The Kier molecular flexibility index (Phi) is 5.58. The lowest BCUT2D eigenvalue weighted by Gasteiger charge is -2.40. The zero-order chi connectivity index (χ0) is 11.1. The summed E-state index contributed by atoms with van der Waals surface area (Å²) in [5.41, 5.74) is 0.221. The Morgan fingerprint density at radius 1 is 1.20 bits per heavy atom. The predicted molar refractivity (Wildman–Crippen MR) is 64.2 cm³/mol. The van der Waals surface area contributed by atoms with Gasteiger partial charge < -0.3 is 15.4 Å². The highest BCUT2D eigenvalue weighted by Gasteiger charge is 2.35. The van der Waals surface area contributed by atoms with Gasteiger partial charge in [0, 0.05) is 26.2 Å². The largest absolute Gasteiger partial charge is 0.378 e. The zero-order valence-electron chi connectivity index (χ0n) is 10.4. The fourth-order valence-corrected chi connectivity index (χ4v) is 2.02. The fourth-order valence-electron chi connectivity index (χ4n) is 2.02. The first-order chi connectivity index (χ1) is 7.18. The zero-order valence-corrected chi connectivity index (χ0v) is 10.4. The molecule has 1 aliphatic rings. The number of methoxy groups -OCH3 is 1. The second kappa shape index (κ2) is 6.46. The van der Waals surface area contributed by atoms with Crippen LogP contribution >= 0.6 is 0 Å². The maximum atomic E-state index is 5.56. The molecule has 1 saturated carbocycles. The van der Waals surface area contributed by atoms with Crippen molar-refractivity contribution in [1.82, 2.24) is 10.6 Å². The molecule has 0 atom stereocenters. The van der Waals surface area contributed by atoms with Gasteiger partial charge in [-0.1, -0.05) is 13.8 Å². The van der Waals surface area contributed by atoms with E-state index in [2.05, 4.69) is 24.5 Å². The summed E-state index contributed by atoms with van der Waals surface area (Å²) in [6.45, 7) is 7.53. The first-order valence-electron chi connectivity index (χ1n) is 6.18. The lowest BCUT2D eigenvalue weighted by molar-refractivity contribution is -0.0767. The van der Waals surface area contributed by atoms with E-state index < -0.39 is 0 Å². The second-order valence-corrected chi connectivity index (χ2v) is 4.85. The Morgan fingerprint density at radius 2 is 1.93 bits per heavy atom. The minimum atomic E-state index is 0.221. The SMILES string of the molecule is COC1(CCNCCNC(C)C)CCC1. The molecular weight excluding hydrogens is 188 g/mol. The predicted octanol–water partition coefficient (Wildman–Crippen LogP) is 1.53. The smallest absolute Gasteiger partial charge is 0.0690 e. The number of hydrogen-bond acceptors (Lipinski definition) is 3. The fraction of sp³-hybridized carbons (Fsp3) is 1.00. The van der Waals surface area contributed by atoms with Crippen molar-refractivity contribution in [2.45, 2.75) is 51.2 Å². The van der Waals surface area contributed by atoms with Crippen molar-refractivity contribution >= 4 is 0 Å². The molecule has 2 N–H and O–H groups in total. The summed E-state index contributed by atoms with van der Waals surface area (Å²) in [4.78, 5) is 0. The van der Waals surface area contributed by atoms with E-state index in [0.29, 0.717) is 6.04 Å². The van der Waals surface area contributed by atoms with Crippen LogP contribution in [0.1, 0.15) is 39.5 Å². The van der Waals surface area contributed by atoms with E-state index in [4.69, 9.17) is 4.74 Å². The molecule has 1 fully saturated rings. The van der Waals surface area contributed by atoms with Gasteiger partial charge in [-0.15, -0.1) is 0 Å². The standard InChI is InChI=1S/C12H26N2O/c1-11(2)14-10-9-13-8-7-12(15-3)5-4-6-12/h11,13-14H,4-10H2,1-3H3. The van der Waals surface area contributed by atoms with Gasteiger partial charge in [-0.05, 0) is 32.2 Å². The van der Waals surface area contributed by atoms with Crippen molar-refractivity contribution in [3.05, 3.63) is 0 Å². The molecule has 1 rings (SSSR count). The first-order valence-corrected chi connectivity index (χ1v) is 6.18. The summed E-state index contributed by atoms with van der Waals surface area (Å²) < 4.78 is 5.56. The highest BCUT2D eigenvalue weighted by atomic mass is 16.5. The summed E-state index contributed by atoms with van der Waals surface area (Å²) in [6, 6.07) is 0.587. The van der Waals surface area contributed by atoms with E-state index in [-0.39, 0.29) is 5.60 Å². The maximum absolute atomic E-state index is 5.56. The third-order valence-electron chi connectivity index (χ3n) is 3.31. The second-order valence-electron chi connectivity index (χ2n) is 4.85. The molecule has 0 amide bonds. The molecule has 0 aromatic rings. The van der Waals surface area contributed by atoms with Crippen molar-refractivity contribution in [2.75, 3.05) is 26.7 Å². The summed E-state index contributed by atoms with van der Waals surface area (Å²) in [5, 5.41) is 6.85. The number of hydrogen-bond donors (Lipinski definition) is 2. The third kappa shape index (κ3) is 4.49. The highest BCUT2D eigenvalue weighted by Crippen LogP contribution is 2.37. The monoisotopic (exact) mass is 214 g/mol. The lowest BCUT2D eigenvalue weighted by Crippen LogP contribution is -2.42. The van der Waals surface area contributed by atoms with Gasteiger partial charge in [0.2, 0.25) is 0 Å². The minimum absolute atomic E-state index is 0.221. The topological polar surface area (TPSA) is 33.3 Å². The van der Waals surface area contributed by atoms with E-state index in [1.807, 2.05) is 7.11 Å². The molecule has 0 radical (unpaired) electrons. The molecule has 3 heteroatoms. The summed E-state index contributed by atoms with van der Waals surface area (Å²) in [7, 11) is 1.85.